The fraction of sp³-hybridized carbons (Fsp3) is 0.727. The lowest BCUT2D eigenvalue weighted by Gasteiger charge is -2.39. The molecule has 0 fully saturated rings. The molecule has 0 unspecified atom stereocenters. The van der Waals surface area contributed by atoms with Crippen molar-refractivity contribution in [3.8, 4) is 5.75 Å². The molecule has 1 aromatic rings. The van der Waals surface area contributed by atoms with Gasteiger partial charge in [0.1, 0.15) is 5.75 Å². The monoisotopic (exact) mass is 379 g/mol. The van der Waals surface area contributed by atoms with Crippen molar-refractivity contribution in [2.45, 2.75) is 72.1 Å². The first kappa shape index (κ1) is 23.4. The second-order valence-corrected chi connectivity index (χ2v) is 7.60. The van der Waals surface area contributed by atoms with E-state index in [1.54, 1.807) is 12.1 Å². The predicted octanol–water partition coefficient (Wildman–Crippen LogP) is 5.97. The molecule has 0 heterocycles. The van der Waals surface area contributed by atoms with Gasteiger partial charge < -0.3 is 9.22 Å². The third-order valence-corrected chi connectivity index (χ3v) is 5.30. The Hall–Kier alpha value is -1.62. The molecule has 1 rings (SSSR count). The average molecular weight is 380 g/mol. The first-order chi connectivity index (χ1) is 13.1. The molecule has 0 aliphatic carbocycles. The molecule has 0 saturated heterocycles. The van der Waals surface area contributed by atoms with Crippen LogP contribution in [0.5, 0.6) is 5.75 Å². The quantitative estimate of drug-likeness (QED) is 0.154. The lowest BCUT2D eigenvalue weighted by Crippen LogP contribution is -2.50. The molecule has 0 atom stereocenters. The molecule has 0 aliphatic rings. The number of unbranched alkanes of at least 4 members (excludes halogenated alkanes) is 4. The van der Waals surface area contributed by atoms with Crippen LogP contribution in [0.2, 0.25) is 0 Å². The van der Waals surface area contributed by atoms with Crippen LogP contribution < -0.4 is 4.74 Å². The zero-order chi connectivity index (χ0) is 20.0. The highest BCUT2D eigenvalue weighted by Crippen LogP contribution is 2.19. The van der Waals surface area contributed by atoms with E-state index in [1.165, 1.54) is 87.7 Å². The molecule has 0 amide bonds. The molecule has 0 aromatic heterocycles. The van der Waals surface area contributed by atoms with E-state index in [1.807, 2.05) is 0 Å². The van der Waals surface area contributed by atoms with Crippen molar-refractivity contribution in [2.75, 3.05) is 32.8 Å². The Bertz CT molecular complexity index is 495. The van der Waals surface area contributed by atoms with Crippen molar-refractivity contribution in [3.05, 3.63) is 34.4 Å². The summed E-state index contributed by atoms with van der Waals surface area (Å²) in [5.41, 5.74) is 0.104. The maximum Gasteiger partial charge on any atom is 0.269 e. The van der Waals surface area contributed by atoms with Gasteiger partial charge in [0, 0.05) is 12.1 Å². The normalized spacial score (nSPS) is 11.5. The number of quaternary nitrogens is 1. The minimum Gasteiger partial charge on any atom is -0.494 e. The van der Waals surface area contributed by atoms with E-state index in [9.17, 15) is 10.1 Å². The third-order valence-electron chi connectivity index (χ3n) is 5.30. The number of hydrogen-bond acceptors (Lipinski definition) is 3. The SMILES string of the molecule is CCCC[N+](CCCC)(CCCC)CCCCOc1ccc([N+](=O)[O-])cc1. The Labute approximate surface area is 165 Å². The molecule has 154 valence electrons. The van der Waals surface area contributed by atoms with E-state index in [0.717, 1.165) is 6.42 Å². The summed E-state index contributed by atoms with van der Waals surface area (Å²) < 4.78 is 7.04. The first-order valence-electron chi connectivity index (χ1n) is 10.8. The van der Waals surface area contributed by atoms with Crippen LogP contribution in [0.1, 0.15) is 72.1 Å². The lowest BCUT2D eigenvalue weighted by molar-refractivity contribution is -0.929. The van der Waals surface area contributed by atoms with Crippen molar-refractivity contribution in [2.24, 2.45) is 0 Å². The summed E-state index contributed by atoms with van der Waals surface area (Å²) in [6, 6.07) is 6.36. The average Bonchev–Trinajstić information content (AvgIpc) is 2.68. The summed E-state index contributed by atoms with van der Waals surface area (Å²) in [5.74, 6) is 0.712. The van der Waals surface area contributed by atoms with Gasteiger partial charge in [-0.1, -0.05) is 40.0 Å². The van der Waals surface area contributed by atoms with E-state index >= 15 is 0 Å². The minimum atomic E-state index is -0.385. The standard InChI is InChI=1S/C22H39N2O3/c1-4-7-16-24(17-8-5-2,18-9-6-3)19-10-11-20-27-22-14-12-21(13-15-22)23(25)26/h12-15H,4-11,16-20H2,1-3H3/q+1. The molecule has 1 aromatic carbocycles. The highest BCUT2D eigenvalue weighted by Gasteiger charge is 2.25. The molecule has 0 radical (unpaired) electrons. The Balaban J connectivity index is 2.47. The Morgan fingerprint density at radius 3 is 1.74 bits per heavy atom. The number of nitro groups is 1. The van der Waals surface area contributed by atoms with Gasteiger partial charge in [0.15, 0.2) is 0 Å². The maximum atomic E-state index is 10.7. The molecular weight excluding hydrogens is 340 g/mol. The summed E-state index contributed by atoms with van der Waals surface area (Å²) in [7, 11) is 0. The van der Waals surface area contributed by atoms with Gasteiger partial charge >= 0.3 is 0 Å². The Kier molecular flexibility index (Phi) is 11.7. The van der Waals surface area contributed by atoms with Crippen LogP contribution in [-0.4, -0.2) is 42.2 Å². The van der Waals surface area contributed by atoms with E-state index in [0.29, 0.717) is 12.4 Å². The number of ether oxygens (including phenoxy) is 1. The van der Waals surface area contributed by atoms with Crippen LogP contribution in [-0.2, 0) is 0 Å². The summed E-state index contributed by atoms with van der Waals surface area (Å²) in [6.07, 6.45) is 9.93. The Morgan fingerprint density at radius 1 is 0.815 bits per heavy atom. The summed E-state index contributed by atoms with van der Waals surface area (Å²) in [4.78, 5) is 10.3. The molecule has 0 bridgehead atoms. The maximum absolute atomic E-state index is 10.7. The van der Waals surface area contributed by atoms with Crippen LogP contribution in [0.3, 0.4) is 0 Å². The van der Waals surface area contributed by atoms with Crippen LogP contribution in [0.25, 0.3) is 0 Å². The smallest absolute Gasteiger partial charge is 0.269 e. The molecular formula is C22H39N2O3+. The van der Waals surface area contributed by atoms with Crippen LogP contribution in [0.4, 0.5) is 5.69 Å². The number of nitrogens with zero attached hydrogens (tertiary/aromatic N) is 2. The van der Waals surface area contributed by atoms with Crippen LogP contribution in [0, 0.1) is 10.1 Å². The third kappa shape index (κ3) is 9.23. The molecule has 0 N–H and O–H groups in total. The molecule has 0 spiro atoms. The van der Waals surface area contributed by atoms with E-state index in [-0.39, 0.29) is 10.6 Å². The van der Waals surface area contributed by atoms with Gasteiger partial charge in [-0.3, -0.25) is 10.1 Å². The summed E-state index contributed by atoms with van der Waals surface area (Å²) >= 11 is 0. The van der Waals surface area contributed by atoms with Crippen molar-refractivity contribution < 1.29 is 14.1 Å². The van der Waals surface area contributed by atoms with Crippen molar-refractivity contribution >= 4 is 5.69 Å². The molecule has 0 saturated carbocycles. The highest BCUT2D eigenvalue weighted by molar-refractivity contribution is 5.35. The van der Waals surface area contributed by atoms with Crippen molar-refractivity contribution in [1.82, 2.24) is 0 Å². The molecule has 5 heteroatoms. The molecule has 0 aliphatic heterocycles. The minimum absolute atomic E-state index is 0.104. The van der Waals surface area contributed by atoms with E-state index < -0.39 is 0 Å². The second kappa shape index (κ2) is 13.5. The largest absolute Gasteiger partial charge is 0.494 e. The predicted molar refractivity (Wildman–Crippen MR) is 112 cm³/mol. The van der Waals surface area contributed by atoms with Gasteiger partial charge in [-0.05, 0) is 44.2 Å². The first-order valence-corrected chi connectivity index (χ1v) is 10.8. The zero-order valence-corrected chi connectivity index (χ0v) is 17.6. The Morgan fingerprint density at radius 2 is 1.30 bits per heavy atom. The number of benzene rings is 1. The number of rotatable bonds is 16. The van der Waals surface area contributed by atoms with Gasteiger partial charge in [-0.25, -0.2) is 0 Å². The van der Waals surface area contributed by atoms with Gasteiger partial charge in [-0.15, -0.1) is 0 Å². The van der Waals surface area contributed by atoms with Crippen LogP contribution in [0.15, 0.2) is 24.3 Å². The molecule has 5 nitrogen and oxygen atoms in total. The number of non-ortho nitro benzene ring substituents is 1. The van der Waals surface area contributed by atoms with Gasteiger partial charge in [-0.2, -0.15) is 0 Å². The summed E-state index contributed by atoms with van der Waals surface area (Å²) in [5, 5.41) is 10.7. The highest BCUT2D eigenvalue weighted by atomic mass is 16.6. The summed E-state index contributed by atoms with van der Waals surface area (Å²) in [6.45, 7) is 12.7. The second-order valence-electron chi connectivity index (χ2n) is 7.60. The van der Waals surface area contributed by atoms with E-state index in [2.05, 4.69) is 20.8 Å². The van der Waals surface area contributed by atoms with E-state index in [4.69, 9.17) is 4.74 Å². The van der Waals surface area contributed by atoms with Gasteiger partial charge in [0.05, 0.1) is 37.7 Å². The van der Waals surface area contributed by atoms with Crippen molar-refractivity contribution in [1.29, 1.82) is 0 Å². The zero-order valence-electron chi connectivity index (χ0n) is 17.6. The fourth-order valence-electron chi connectivity index (χ4n) is 3.55. The number of hydrogen-bond donors (Lipinski definition) is 0. The van der Waals surface area contributed by atoms with Gasteiger partial charge in [0.2, 0.25) is 0 Å². The fourth-order valence-corrected chi connectivity index (χ4v) is 3.55. The molecule has 27 heavy (non-hydrogen) atoms. The van der Waals surface area contributed by atoms with Crippen LogP contribution >= 0.6 is 0 Å². The van der Waals surface area contributed by atoms with Gasteiger partial charge in [0.25, 0.3) is 5.69 Å². The number of nitro benzene ring substituents is 1. The topological polar surface area (TPSA) is 52.4 Å². The van der Waals surface area contributed by atoms with Crippen molar-refractivity contribution in [3.63, 3.8) is 0 Å². The lowest BCUT2D eigenvalue weighted by atomic mass is 10.1.